The fourth-order valence-electron chi connectivity index (χ4n) is 4.01. The number of anilines is 1. The highest BCUT2D eigenvalue weighted by Crippen LogP contribution is 2.39. The number of piperidine rings is 1. The molecule has 2 heterocycles. The van der Waals surface area contributed by atoms with Crippen LogP contribution in [0.3, 0.4) is 0 Å². The smallest absolute Gasteiger partial charge is 0.253 e. The highest BCUT2D eigenvalue weighted by Gasteiger charge is 2.43. The molecule has 2 aliphatic rings. The number of benzene rings is 2. The second-order valence-corrected chi connectivity index (χ2v) is 7.15. The molecule has 0 unspecified atom stereocenters. The van der Waals surface area contributed by atoms with E-state index in [1.165, 1.54) is 6.07 Å². The summed E-state index contributed by atoms with van der Waals surface area (Å²) in [5.41, 5.74) is 7.67. The zero-order chi connectivity index (χ0) is 19.9. The lowest BCUT2D eigenvalue weighted by Gasteiger charge is -2.48. The Hall–Kier alpha value is -3.40. The van der Waals surface area contributed by atoms with Crippen molar-refractivity contribution >= 4 is 17.4 Å². The summed E-state index contributed by atoms with van der Waals surface area (Å²) in [4.78, 5) is 21.2. The average molecular weight is 377 g/mol. The molecule has 142 valence electrons. The summed E-state index contributed by atoms with van der Waals surface area (Å²) >= 11 is 0. The van der Waals surface area contributed by atoms with Crippen LogP contribution in [-0.2, 0) is 0 Å². The van der Waals surface area contributed by atoms with Gasteiger partial charge in [0, 0.05) is 38.5 Å². The molecular formula is C21H20FN5O. The quantitative estimate of drug-likeness (QED) is 0.827. The summed E-state index contributed by atoms with van der Waals surface area (Å²) in [7, 11) is 1.90. The molecule has 0 bridgehead atoms. The van der Waals surface area contributed by atoms with E-state index in [0.717, 1.165) is 5.69 Å². The van der Waals surface area contributed by atoms with Crippen molar-refractivity contribution in [2.75, 3.05) is 25.0 Å². The first-order valence-corrected chi connectivity index (χ1v) is 9.13. The number of halogens is 1. The second kappa shape index (κ2) is 6.64. The first kappa shape index (κ1) is 18.0. The summed E-state index contributed by atoms with van der Waals surface area (Å²) in [6, 6.07) is 13.6. The lowest BCUT2D eigenvalue weighted by atomic mass is 9.91. The Morgan fingerprint density at radius 1 is 1.21 bits per heavy atom. The number of rotatable bonds is 1. The van der Waals surface area contributed by atoms with Crippen LogP contribution in [0.25, 0.3) is 0 Å². The number of aliphatic imine (C=N–C) groups is 1. The monoisotopic (exact) mass is 377 g/mol. The van der Waals surface area contributed by atoms with Crippen LogP contribution in [0.5, 0.6) is 0 Å². The van der Waals surface area contributed by atoms with Gasteiger partial charge in [-0.15, -0.1) is 0 Å². The summed E-state index contributed by atoms with van der Waals surface area (Å²) in [5.74, 6) is -0.242. The molecule has 2 aliphatic heterocycles. The zero-order valence-corrected chi connectivity index (χ0v) is 15.5. The van der Waals surface area contributed by atoms with Gasteiger partial charge < -0.3 is 15.5 Å². The third-order valence-corrected chi connectivity index (χ3v) is 5.67. The van der Waals surface area contributed by atoms with Crippen LogP contribution in [-0.4, -0.2) is 42.4 Å². The third-order valence-electron chi connectivity index (χ3n) is 5.67. The number of nitriles is 1. The normalized spacial score (nSPS) is 17.7. The molecule has 2 N–H and O–H groups in total. The van der Waals surface area contributed by atoms with Gasteiger partial charge in [-0.1, -0.05) is 6.07 Å². The number of nitrogens with two attached hydrogens (primary N) is 1. The maximum Gasteiger partial charge on any atom is 0.253 e. The lowest BCUT2D eigenvalue weighted by Crippen LogP contribution is -2.57. The van der Waals surface area contributed by atoms with Gasteiger partial charge in [-0.2, -0.15) is 5.26 Å². The van der Waals surface area contributed by atoms with E-state index in [1.807, 2.05) is 24.1 Å². The van der Waals surface area contributed by atoms with Gasteiger partial charge in [0.1, 0.15) is 17.3 Å². The number of amidine groups is 1. The molecular weight excluding hydrogens is 357 g/mol. The minimum Gasteiger partial charge on any atom is -0.383 e. The second-order valence-electron chi connectivity index (χ2n) is 7.15. The highest BCUT2D eigenvalue weighted by molar-refractivity contribution is 6.04. The van der Waals surface area contributed by atoms with Crippen LogP contribution in [0.1, 0.15) is 34.3 Å². The molecule has 6 nitrogen and oxygen atoms in total. The lowest BCUT2D eigenvalue weighted by molar-refractivity contribution is 0.0671. The number of carbonyl (C=O) groups is 1. The molecule has 4 rings (SSSR count). The van der Waals surface area contributed by atoms with E-state index < -0.39 is 5.66 Å². The zero-order valence-electron chi connectivity index (χ0n) is 15.5. The molecule has 2 aromatic carbocycles. The number of amides is 1. The number of likely N-dealkylation sites (tertiary alicyclic amines) is 1. The Bertz CT molecular complexity index is 1000. The first-order valence-electron chi connectivity index (χ1n) is 9.13. The Labute approximate surface area is 162 Å². The molecule has 2 aromatic rings. The van der Waals surface area contributed by atoms with E-state index in [9.17, 15) is 9.18 Å². The third kappa shape index (κ3) is 2.78. The van der Waals surface area contributed by atoms with E-state index in [-0.39, 0.29) is 17.6 Å². The van der Waals surface area contributed by atoms with E-state index in [1.54, 1.807) is 35.2 Å². The van der Waals surface area contributed by atoms with E-state index in [4.69, 9.17) is 11.0 Å². The van der Waals surface area contributed by atoms with Crippen LogP contribution in [0, 0.1) is 17.1 Å². The molecule has 28 heavy (non-hydrogen) atoms. The molecule has 0 atom stereocenters. The van der Waals surface area contributed by atoms with Crippen LogP contribution < -0.4 is 10.6 Å². The molecule has 1 fully saturated rings. The number of nitrogens with zero attached hydrogens (tertiary/aromatic N) is 4. The van der Waals surface area contributed by atoms with Crippen molar-refractivity contribution in [3.63, 3.8) is 0 Å². The maximum absolute atomic E-state index is 14.2. The van der Waals surface area contributed by atoms with Crippen molar-refractivity contribution in [3.05, 3.63) is 65.0 Å². The SMILES string of the molecule is CN1c2cccc(F)c2C(N)=NC12CCN(C(=O)c1ccc(C#N)cc1)CC2. The van der Waals surface area contributed by atoms with Gasteiger partial charge in [0.15, 0.2) is 0 Å². The van der Waals surface area contributed by atoms with Gasteiger partial charge in [0.25, 0.3) is 5.91 Å². The average Bonchev–Trinajstić information content (AvgIpc) is 2.72. The molecule has 0 radical (unpaired) electrons. The predicted octanol–water partition coefficient (Wildman–Crippen LogP) is 2.48. The highest BCUT2D eigenvalue weighted by atomic mass is 19.1. The molecule has 7 heteroatoms. The minimum atomic E-state index is -0.577. The fourth-order valence-corrected chi connectivity index (χ4v) is 4.01. The summed E-state index contributed by atoms with van der Waals surface area (Å²) in [5, 5.41) is 8.89. The van der Waals surface area contributed by atoms with E-state index in [2.05, 4.69) is 4.99 Å². The minimum absolute atomic E-state index is 0.0683. The van der Waals surface area contributed by atoms with Crippen molar-refractivity contribution in [2.24, 2.45) is 10.7 Å². The van der Waals surface area contributed by atoms with Gasteiger partial charge in [-0.25, -0.2) is 9.38 Å². The molecule has 0 saturated carbocycles. The van der Waals surface area contributed by atoms with Gasteiger partial charge >= 0.3 is 0 Å². The first-order chi connectivity index (χ1) is 13.4. The Kier molecular flexibility index (Phi) is 4.27. The van der Waals surface area contributed by atoms with Gasteiger partial charge in [-0.05, 0) is 36.4 Å². The van der Waals surface area contributed by atoms with Gasteiger partial charge in [-0.3, -0.25) is 4.79 Å². The van der Waals surface area contributed by atoms with Gasteiger partial charge in [0.05, 0.1) is 22.9 Å². The number of hydrogen-bond acceptors (Lipinski definition) is 5. The van der Waals surface area contributed by atoms with Crippen LogP contribution in [0.4, 0.5) is 10.1 Å². The molecule has 1 spiro atoms. The Morgan fingerprint density at radius 2 is 1.89 bits per heavy atom. The fraction of sp³-hybridized carbons (Fsp3) is 0.286. The standard InChI is InChI=1S/C21H20FN5O/c1-26-17-4-2-3-16(22)18(17)19(24)25-21(26)9-11-27(12-10-21)20(28)15-7-5-14(13-23)6-8-15/h2-8H,9-12H2,1H3,(H2,24,25). The van der Waals surface area contributed by atoms with Gasteiger partial charge in [0.2, 0.25) is 0 Å². The summed E-state index contributed by atoms with van der Waals surface area (Å²) in [6.07, 6.45) is 1.20. The van der Waals surface area contributed by atoms with Crippen molar-refractivity contribution in [1.29, 1.82) is 5.26 Å². The molecule has 1 amide bonds. The van der Waals surface area contributed by atoms with Crippen LogP contribution >= 0.6 is 0 Å². The summed E-state index contributed by atoms with van der Waals surface area (Å²) in [6.45, 7) is 1.04. The van der Waals surface area contributed by atoms with E-state index >= 15 is 0 Å². The number of hydrogen-bond donors (Lipinski definition) is 1. The van der Waals surface area contributed by atoms with Crippen molar-refractivity contribution in [2.45, 2.75) is 18.5 Å². The number of carbonyl (C=O) groups excluding carboxylic acids is 1. The van der Waals surface area contributed by atoms with Crippen LogP contribution in [0.2, 0.25) is 0 Å². The maximum atomic E-state index is 14.2. The van der Waals surface area contributed by atoms with Crippen molar-refractivity contribution in [1.82, 2.24) is 4.90 Å². The number of fused-ring (bicyclic) bond motifs is 1. The topological polar surface area (TPSA) is 85.7 Å². The Morgan fingerprint density at radius 3 is 2.54 bits per heavy atom. The molecule has 1 saturated heterocycles. The van der Waals surface area contributed by atoms with Crippen molar-refractivity contribution < 1.29 is 9.18 Å². The molecule has 0 aliphatic carbocycles. The summed E-state index contributed by atoms with van der Waals surface area (Å²) < 4.78 is 14.2. The predicted molar refractivity (Wildman–Crippen MR) is 105 cm³/mol. The van der Waals surface area contributed by atoms with Crippen LogP contribution in [0.15, 0.2) is 47.5 Å². The van der Waals surface area contributed by atoms with E-state index in [0.29, 0.717) is 42.6 Å². The molecule has 0 aromatic heterocycles. The Balaban J connectivity index is 1.54. The largest absolute Gasteiger partial charge is 0.383 e. The van der Waals surface area contributed by atoms with Crippen molar-refractivity contribution in [3.8, 4) is 6.07 Å².